The molecule has 0 aromatic carbocycles. The summed E-state index contributed by atoms with van der Waals surface area (Å²) in [7, 11) is 0. The fourth-order valence-corrected chi connectivity index (χ4v) is 1.28. The monoisotopic (exact) mass is 156 g/mol. The van der Waals surface area contributed by atoms with Crippen molar-refractivity contribution >= 4 is 6.16 Å². The van der Waals surface area contributed by atoms with E-state index in [0.717, 1.165) is 19.3 Å². The van der Waals surface area contributed by atoms with Crippen LogP contribution in [0.4, 0.5) is 4.79 Å². The van der Waals surface area contributed by atoms with E-state index < -0.39 is 6.16 Å². The molecule has 1 aliphatic rings. The number of carboxylic acid groups (broad SMARTS) is 1. The molecule has 1 atom stereocenters. The zero-order valence-corrected chi connectivity index (χ0v) is 6.54. The zero-order chi connectivity index (χ0) is 8.27. The number of rotatable bonds is 2. The fraction of sp³-hybridized carbons (Fsp3) is 0.625. The lowest BCUT2D eigenvalue weighted by Gasteiger charge is -1.97. The first-order valence-electron chi connectivity index (χ1n) is 3.84. The first-order valence-corrected chi connectivity index (χ1v) is 3.84. The predicted octanol–water partition coefficient (Wildman–Crippen LogP) is 2.38. The summed E-state index contributed by atoms with van der Waals surface area (Å²) in [6.45, 7) is 2.09. The van der Waals surface area contributed by atoms with Crippen molar-refractivity contribution in [1.29, 1.82) is 0 Å². The molecule has 1 aliphatic carbocycles. The van der Waals surface area contributed by atoms with E-state index in [1.165, 1.54) is 0 Å². The summed E-state index contributed by atoms with van der Waals surface area (Å²) in [5.41, 5.74) is 0. The van der Waals surface area contributed by atoms with Gasteiger partial charge in [-0.15, -0.1) is 0 Å². The first kappa shape index (κ1) is 8.11. The second kappa shape index (κ2) is 3.42. The van der Waals surface area contributed by atoms with Gasteiger partial charge in [0.15, 0.2) is 0 Å². The molecule has 62 valence electrons. The van der Waals surface area contributed by atoms with E-state index in [-0.39, 0.29) is 0 Å². The van der Waals surface area contributed by atoms with Crippen LogP contribution in [-0.2, 0) is 4.74 Å². The van der Waals surface area contributed by atoms with Crippen molar-refractivity contribution in [1.82, 2.24) is 0 Å². The average Bonchev–Trinajstić information content (AvgIpc) is 2.34. The van der Waals surface area contributed by atoms with Crippen molar-refractivity contribution in [3.63, 3.8) is 0 Å². The second-order valence-corrected chi connectivity index (χ2v) is 2.71. The third kappa shape index (κ3) is 2.26. The Bertz CT molecular complexity index is 184. The summed E-state index contributed by atoms with van der Waals surface area (Å²) < 4.78 is 4.52. The highest BCUT2D eigenvalue weighted by Crippen LogP contribution is 2.26. The second-order valence-electron chi connectivity index (χ2n) is 2.71. The Balaban J connectivity index is 2.42. The van der Waals surface area contributed by atoms with Gasteiger partial charge in [0.05, 0.1) is 0 Å². The van der Waals surface area contributed by atoms with E-state index in [1.54, 1.807) is 0 Å². The smallest absolute Gasteiger partial charge is 0.449 e. The van der Waals surface area contributed by atoms with Crippen molar-refractivity contribution < 1.29 is 14.6 Å². The van der Waals surface area contributed by atoms with Gasteiger partial charge < -0.3 is 9.84 Å². The Labute approximate surface area is 65.7 Å². The normalized spacial score (nSPS) is 23.0. The average molecular weight is 156 g/mol. The van der Waals surface area contributed by atoms with Crippen LogP contribution in [0.3, 0.4) is 0 Å². The molecule has 0 radical (unpaired) electrons. The molecule has 0 spiro atoms. The molecule has 0 heterocycles. The summed E-state index contributed by atoms with van der Waals surface area (Å²) in [4.78, 5) is 10.1. The minimum atomic E-state index is -1.20. The zero-order valence-electron chi connectivity index (χ0n) is 6.54. The molecule has 0 bridgehead atoms. The topological polar surface area (TPSA) is 46.5 Å². The van der Waals surface area contributed by atoms with Gasteiger partial charge in [0, 0.05) is 6.42 Å². The van der Waals surface area contributed by atoms with Crippen LogP contribution in [0.2, 0.25) is 0 Å². The largest absolute Gasteiger partial charge is 0.511 e. The Hall–Kier alpha value is -0.990. The SMILES string of the molecule is CCC1C=C(OC(=O)O)CC1. The third-order valence-electron chi connectivity index (χ3n) is 1.93. The van der Waals surface area contributed by atoms with E-state index in [1.807, 2.05) is 6.08 Å². The maximum Gasteiger partial charge on any atom is 0.511 e. The van der Waals surface area contributed by atoms with Crippen molar-refractivity contribution in [2.24, 2.45) is 5.92 Å². The Kier molecular flexibility index (Phi) is 2.52. The van der Waals surface area contributed by atoms with E-state index in [0.29, 0.717) is 11.7 Å². The highest BCUT2D eigenvalue weighted by atomic mass is 16.7. The van der Waals surface area contributed by atoms with Crippen molar-refractivity contribution in [2.75, 3.05) is 0 Å². The number of allylic oxidation sites excluding steroid dienone is 2. The van der Waals surface area contributed by atoms with Crippen molar-refractivity contribution in [3.8, 4) is 0 Å². The Morgan fingerprint density at radius 3 is 3.09 bits per heavy atom. The lowest BCUT2D eigenvalue weighted by Crippen LogP contribution is -1.97. The van der Waals surface area contributed by atoms with Crippen molar-refractivity contribution in [3.05, 3.63) is 11.8 Å². The van der Waals surface area contributed by atoms with Gasteiger partial charge in [0.2, 0.25) is 0 Å². The third-order valence-corrected chi connectivity index (χ3v) is 1.93. The van der Waals surface area contributed by atoms with Gasteiger partial charge >= 0.3 is 6.16 Å². The summed E-state index contributed by atoms with van der Waals surface area (Å²) >= 11 is 0. The van der Waals surface area contributed by atoms with Crippen LogP contribution in [0.5, 0.6) is 0 Å². The lowest BCUT2D eigenvalue weighted by atomic mass is 10.1. The van der Waals surface area contributed by atoms with Gasteiger partial charge in [-0.1, -0.05) is 6.92 Å². The predicted molar refractivity (Wildman–Crippen MR) is 40.2 cm³/mol. The van der Waals surface area contributed by atoms with Gasteiger partial charge in [0.25, 0.3) is 0 Å². The lowest BCUT2D eigenvalue weighted by molar-refractivity contribution is 0.117. The number of carbonyl (C=O) groups is 1. The molecule has 0 fully saturated rings. The maximum atomic E-state index is 10.1. The number of hydrogen-bond donors (Lipinski definition) is 1. The Morgan fingerprint density at radius 2 is 2.64 bits per heavy atom. The molecule has 11 heavy (non-hydrogen) atoms. The molecular weight excluding hydrogens is 144 g/mol. The fourth-order valence-electron chi connectivity index (χ4n) is 1.28. The van der Waals surface area contributed by atoms with Crippen LogP contribution >= 0.6 is 0 Å². The molecule has 0 aromatic heterocycles. The molecule has 0 amide bonds. The highest BCUT2D eigenvalue weighted by Gasteiger charge is 2.16. The van der Waals surface area contributed by atoms with Crippen LogP contribution in [0.1, 0.15) is 26.2 Å². The van der Waals surface area contributed by atoms with Crippen LogP contribution in [-0.4, -0.2) is 11.3 Å². The molecular formula is C8H12O3. The van der Waals surface area contributed by atoms with Gasteiger partial charge in [-0.2, -0.15) is 0 Å². The van der Waals surface area contributed by atoms with E-state index in [9.17, 15) is 4.79 Å². The maximum absolute atomic E-state index is 10.1. The molecule has 0 saturated heterocycles. The van der Waals surface area contributed by atoms with Gasteiger partial charge in [-0.25, -0.2) is 4.79 Å². The quantitative estimate of drug-likeness (QED) is 0.624. The van der Waals surface area contributed by atoms with Gasteiger partial charge in [-0.05, 0) is 24.8 Å². The van der Waals surface area contributed by atoms with E-state index in [4.69, 9.17) is 5.11 Å². The number of ether oxygens (including phenoxy) is 1. The summed E-state index contributed by atoms with van der Waals surface area (Å²) in [6.07, 6.45) is 3.57. The van der Waals surface area contributed by atoms with Crippen molar-refractivity contribution in [2.45, 2.75) is 26.2 Å². The Morgan fingerprint density at radius 1 is 1.91 bits per heavy atom. The molecule has 1 unspecified atom stereocenters. The van der Waals surface area contributed by atoms with E-state index in [2.05, 4.69) is 11.7 Å². The minimum Gasteiger partial charge on any atom is -0.449 e. The minimum absolute atomic E-state index is 0.518. The molecule has 1 N–H and O–H groups in total. The first-order chi connectivity index (χ1) is 5.22. The highest BCUT2D eigenvalue weighted by molar-refractivity contribution is 5.58. The molecule has 0 saturated carbocycles. The van der Waals surface area contributed by atoms with Crippen LogP contribution in [0, 0.1) is 5.92 Å². The number of hydrogen-bond acceptors (Lipinski definition) is 2. The van der Waals surface area contributed by atoms with Crippen LogP contribution in [0.25, 0.3) is 0 Å². The van der Waals surface area contributed by atoms with Gasteiger partial charge in [0.1, 0.15) is 5.76 Å². The molecule has 0 aromatic rings. The standard InChI is InChI=1S/C8H12O3/c1-2-6-3-4-7(5-6)11-8(9)10/h5-6H,2-4H2,1H3,(H,9,10). The van der Waals surface area contributed by atoms with E-state index >= 15 is 0 Å². The summed E-state index contributed by atoms with van der Waals surface area (Å²) in [5, 5.41) is 8.27. The molecule has 3 nitrogen and oxygen atoms in total. The molecule has 1 rings (SSSR count). The summed E-state index contributed by atoms with van der Waals surface area (Å²) in [6, 6.07) is 0. The molecule has 3 heteroatoms. The van der Waals surface area contributed by atoms with Crippen LogP contribution in [0.15, 0.2) is 11.8 Å². The van der Waals surface area contributed by atoms with Gasteiger partial charge in [-0.3, -0.25) is 0 Å². The molecule has 0 aliphatic heterocycles. The summed E-state index contributed by atoms with van der Waals surface area (Å²) in [5.74, 6) is 1.13. The van der Waals surface area contributed by atoms with Crippen LogP contribution < -0.4 is 0 Å².